The summed E-state index contributed by atoms with van der Waals surface area (Å²) in [5.74, 6) is 0.868. The summed E-state index contributed by atoms with van der Waals surface area (Å²) >= 11 is 17.9. The molecule has 0 aliphatic rings. The van der Waals surface area contributed by atoms with Crippen LogP contribution in [-0.2, 0) is 0 Å². The van der Waals surface area contributed by atoms with Crippen molar-refractivity contribution >= 4 is 52.0 Å². The zero-order valence-electron chi connectivity index (χ0n) is 9.88. The Morgan fingerprint density at radius 1 is 1.11 bits per heavy atom. The molecule has 0 atom stereocenters. The van der Waals surface area contributed by atoms with Crippen LogP contribution >= 0.6 is 34.8 Å². The number of pyridine rings is 1. The number of methoxy groups -OCH3 is 1. The van der Waals surface area contributed by atoms with Gasteiger partial charge in [0, 0.05) is 6.07 Å². The van der Waals surface area contributed by atoms with Crippen LogP contribution in [-0.4, -0.2) is 12.1 Å². The number of hydrogen-bond donors (Lipinski definition) is 2. The lowest BCUT2D eigenvalue weighted by Gasteiger charge is -2.12. The molecule has 0 fully saturated rings. The molecule has 2 rings (SSSR count). The van der Waals surface area contributed by atoms with E-state index < -0.39 is 0 Å². The van der Waals surface area contributed by atoms with E-state index in [1.807, 2.05) is 0 Å². The topological polar surface area (TPSA) is 60.2 Å². The first-order valence-corrected chi connectivity index (χ1v) is 6.36. The molecular weight excluding hydrogens is 309 g/mol. The number of nitrogens with zero attached hydrogens (tertiary/aromatic N) is 1. The van der Waals surface area contributed by atoms with Gasteiger partial charge < -0.3 is 15.8 Å². The van der Waals surface area contributed by atoms with Crippen LogP contribution < -0.4 is 15.8 Å². The molecule has 0 aliphatic carbocycles. The quantitative estimate of drug-likeness (QED) is 0.825. The van der Waals surface area contributed by atoms with Crippen molar-refractivity contribution in [1.82, 2.24) is 4.98 Å². The second-order valence-electron chi connectivity index (χ2n) is 3.66. The van der Waals surface area contributed by atoms with Crippen molar-refractivity contribution in [3.63, 3.8) is 0 Å². The number of halogens is 3. The van der Waals surface area contributed by atoms with Crippen molar-refractivity contribution in [2.45, 2.75) is 0 Å². The van der Waals surface area contributed by atoms with Crippen LogP contribution in [0, 0.1) is 0 Å². The molecule has 2 aromatic rings. The monoisotopic (exact) mass is 317 g/mol. The largest absolute Gasteiger partial charge is 0.481 e. The Labute approximate surface area is 125 Å². The summed E-state index contributed by atoms with van der Waals surface area (Å²) in [6.07, 6.45) is 0. The first-order valence-electron chi connectivity index (χ1n) is 5.23. The fourth-order valence-electron chi connectivity index (χ4n) is 1.41. The molecule has 0 unspecified atom stereocenters. The summed E-state index contributed by atoms with van der Waals surface area (Å²) in [6.45, 7) is 0. The molecule has 0 aliphatic heterocycles. The van der Waals surface area contributed by atoms with E-state index in [0.29, 0.717) is 38.1 Å². The van der Waals surface area contributed by atoms with E-state index in [-0.39, 0.29) is 0 Å². The van der Waals surface area contributed by atoms with Gasteiger partial charge >= 0.3 is 0 Å². The van der Waals surface area contributed by atoms with Crippen LogP contribution in [0.3, 0.4) is 0 Å². The molecule has 7 heteroatoms. The first kappa shape index (κ1) is 14.1. The van der Waals surface area contributed by atoms with Crippen LogP contribution in [0.15, 0.2) is 24.3 Å². The summed E-state index contributed by atoms with van der Waals surface area (Å²) in [5.41, 5.74) is 6.85. The maximum Gasteiger partial charge on any atom is 0.215 e. The van der Waals surface area contributed by atoms with Crippen molar-refractivity contribution < 1.29 is 4.74 Å². The molecule has 0 saturated heterocycles. The number of aromatic nitrogens is 1. The number of ether oxygens (including phenoxy) is 1. The minimum atomic E-state index is 0.379. The van der Waals surface area contributed by atoms with Gasteiger partial charge in [0.15, 0.2) is 5.82 Å². The zero-order chi connectivity index (χ0) is 14.0. The van der Waals surface area contributed by atoms with Gasteiger partial charge in [0.2, 0.25) is 5.88 Å². The predicted molar refractivity (Wildman–Crippen MR) is 80.0 cm³/mol. The minimum Gasteiger partial charge on any atom is -0.481 e. The number of nitrogens with two attached hydrogens (primary N) is 1. The second kappa shape index (κ2) is 5.74. The van der Waals surface area contributed by atoms with E-state index in [1.54, 1.807) is 24.3 Å². The highest BCUT2D eigenvalue weighted by Crippen LogP contribution is 2.34. The number of anilines is 3. The van der Waals surface area contributed by atoms with Crippen LogP contribution in [0.4, 0.5) is 17.2 Å². The van der Waals surface area contributed by atoms with Gasteiger partial charge in [0.25, 0.3) is 0 Å². The third-order valence-electron chi connectivity index (χ3n) is 2.37. The lowest BCUT2D eigenvalue weighted by atomic mass is 10.3. The van der Waals surface area contributed by atoms with E-state index in [0.717, 1.165) is 0 Å². The fraction of sp³-hybridized carbons (Fsp3) is 0.0833. The number of nitrogens with one attached hydrogen (secondary N) is 1. The molecule has 1 aromatic carbocycles. The molecule has 4 nitrogen and oxygen atoms in total. The van der Waals surface area contributed by atoms with Crippen molar-refractivity contribution in [3.05, 3.63) is 39.3 Å². The molecule has 0 saturated carbocycles. The number of hydrogen-bond acceptors (Lipinski definition) is 4. The van der Waals surface area contributed by atoms with Crippen LogP contribution in [0.2, 0.25) is 15.1 Å². The summed E-state index contributed by atoms with van der Waals surface area (Å²) in [7, 11) is 1.52. The molecule has 0 bridgehead atoms. The van der Waals surface area contributed by atoms with Crippen molar-refractivity contribution in [2.24, 2.45) is 0 Å². The summed E-state index contributed by atoms with van der Waals surface area (Å²) in [4.78, 5) is 4.19. The Bertz CT molecular complexity index is 619. The number of nitrogen functional groups attached to an aromatic ring is 1. The van der Waals surface area contributed by atoms with Crippen molar-refractivity contribution in [3.8, 4) is 5.88 Å². The molecule has 0 spiro atoms. The molecule has 3 N–H and O–H groups in total. The molecule has 0 amide bonds. The fourth-order valence-corrected chi connectivity index (χ4v) is 2.01. The van der Waals surface area contributed by atoms with Gasteiger partial charge in [0.05, 0.1) is 33.6 Å². The van der Waals surface area contributed by atoms with Gasteiger partial charge in [0.1, 0.15) is 0 Å². The molecule has 1 aromatic heterocycles. The molecular formula is C12H10Cl3N3O. The number of benzene rings is 1. The Hall–Kier alpha value is -1.36. The van der Waals surface area contributed by atoms with Crippen LogP contribution in [0.5, 0.6) is 5.88 Å². The van der Waals surface area contributed by atoms with E-state index in [1.165, 1.54) is 7.11 Å². The second-order valence-corrected chi connectivity index (χ2v) is 4.88. The van der Waals surface area contributed by atoms with E-state index >= 15 is 0 Å². The minimum absolute atomic E-state index is 0.379. The first-order chi connectivity index (χ1) is 9.01. The highest BCUT2D eigenvalue weighted by atomic mass is 35.5. The highest BCUT2D eigenvalue weighted by Gasteiger charge is 2.09. The summed E-state index contributed by atoms with van der Waals surface area (Å²) in [6, 6.07) is 6.49. The van der Waals surface area contributed by atoms with Gasteiger partial charge in [-0.2, -0.15) is 4.98 Å². The van der Waals surface area contributed by atoms with E-state index in [9.17, 15) is 0 Å². The average Bonchev–Trinajstić information content (AvgIpc) is 2.38. The van der Waals surface area contributed by atoms with Crippen molar-refractivity contribution in [1.29, 1.82) is 0 Å². The molecule has 100 valence electrons. The lowest BCUT2D eigenvalue weighted by Crippen LogP contribution is -2.01. The standard InChI is InChI=1S/C12H10Cl3N3O/c1-19-11-3-2-9(16)12(18-11)17-10-5-7(14)6(13)4-8(10)15/h2-5H,16H2,1H3,(H,17,18). The summed E-state index contributed by atoms with van der Waals surface area (Å²) in [5, 5.41) is 4.17. The van der Waals surface area contributed by atoms with Crippen LogP contribution in [0.1, 0.15) is 0 Å². The zero-order valence-corrected chi connectivity index (χ0v) is 12.1. The van der Waals surface area contributed by atoms with E-state index in [2.05, 4.69) is 10.3 Å². The normalized spacial score (nSPS) is 10.3. The Balaban J connectivity index is 2.38. The summed E-state index contributed by atoms with van der Waals surface area (Å²) < 4.78 is 5.03. The maximum atomic E-state index is 6.07. The Kier molecular flexibility index (Phi) is 4.24. The van der Waals surface area contributed by atoms with Gasteiger partial charge in [-0.05, 0) is 18.2 Å². The lowest BCUT2D eigenvalue weighted by molar-refractivity contribution is 0.398. The Morgan fingerprint density at radius 2 is 1.79 bits per heavy atom. The van der Waals surface area contributed by atoms with Gasteiger partial charge in [-0.15, -0.1) is 0 Å². The van der Waals surface area contributed by atoms with E-state index in [4.69, 9.17) is 45.3 Å². The number of rotatable bonds is 3. The smallest absolute Gasteiger partial charge is 0.215 e. The average molecular weight is 319 g/mol. The van der Waals surface area contributed by atoms with Gasteiger partial charge in [-0.3, -0.25) is 0 Å². The maximum absolute atomic E-state index is 6.07. The van der Waals surface area contributed by atoms with Gasteiger partial charge in [-0.1, -0.05) is 34.8 Å². The SMILES string of the molecule is COc1ccc(N)c(Nc2cc(Cl)c(Cl)cc2Cl)n1. The van der Waals surface area contributed by atoms with Crippen molar-refractivity contribution in [2.75, 3.05) is 18.2 Å². The molecule has 19 heavy (non-hydrogen) atoms. The molecule has 0 radical (unpaired) electrons. The Morgan fingerprint density at radius 3 is 2.47 bits per heavy atom. The third-order valence-corrected chi connectivity index (χ3v) is 3.41. The predicted octanol–water partition coefficient (Wildman–Crippen LogP) is 4.38. The molecule has 1 heterocycles. The highest BCUT2D eigenvalue weighted by molar-refractivity contribution is 6.44. The third kappa shape index (κ3) is 3.15. The van der Waals surface area contributed by atoms with Crippen LogP contribution in [0.25, 0.3) is 0 Å². The van der Waals surface area contributed by atoms with Gasteiger partial charge in [-0.25, -0.2) is 0 Å².